The number of aliphatic hydroxyl groups is 1. The van der Waals surface area contributed by atoms with Gasteiger partial charge in [0.2, 0.25) is 0 Å². The Labute approximate surface area is 104 Å². The Morgan fingerprint density at radius 3 is 2.06 bits per heavy atom. The van der Waals surface area contributed by atoms with Crippen molar-refractivity contribution in [3.8, 4) is 0 Å². The first kappa shape index (κ1) is 14.2. The summed E-state index contributed by atoms with van der Waals surface area (Å²) in [4.78, 5) is 12.2. The van der Waals surface area contributed by atoms with Crippen LogP contribution in [0.5, 0.6) is 0 Å². The molecule has 1 aliphatic carbocycles. The van der Waals surface area contributed by atoms with E-state index in [1.54, 1.807) is 13.8 Å². The highest BCUT2D eigenvalue weighted by molar-refractivity contribution is 5.87. The molecule has 0 bridgehead atoms. The van der Waals surface area contributed by atoms with Crippen LogP contribution in [0.3, 0.4) is 0 Å². The molecule has 0 aromatic heterocycles. The summed E-state index contributed by atoms with van der Waals surface area (Å²) < 4.78 is 0. The van der Waals surface area contributed by atoms with Gasteiger partial charge >= 0.3 is 0 Å². The van der Waals surface area contributed by atoms with E-state index in [0.29, 0.717) is 6.42 Å². The third-order valence-corrected chi connectivity index (χ3v) is 4.33. The Hall–Kier alpha value is -0.890. The fraction of sp³-hybridized carbons (Fsp3) is 0.667. The molecule has 0 aromatic carbocycles. The van der Waals surface area contributed by atoms with Crippen molar-refractivity contribution in [1.82, 2.24) is 0 Å². The van der Waals surface area contributed by atoms with Crippen LogP contribution in [0.2, 0.25) is 0 Å². The molecule has 2 atom stereocenters. The fourth-order valence-electron chi connectivity index (χ4n) is 3.32. The second kappa shape index (κ2) is 4.09. The summed E-state index contributed by atoms with van der Waals surface area (Å²) in [5.74, 6) is 0.0301. The standard InChI is InChI=1S/C15H24O2/c1-11(2)7-8-15(12(3)16)13(4,5)9-10-14(15,6)17/h7-8,17H,1,9-10H2,2-6H3/b8-7+. The molecule has 1 aliphatic rings. The van der Waals surface area contributed by atoms with E-state index >= 15 is 0 Å². The quantitative estimate of drug-likeness (QED) is 0.764. The van der Waals surface area contributed by atoms with Gasteiger partial charge in [0.25, 0.3) is 0 Å². The van der Waals surface area contributed by atoms with E-state index in [-0.39, 0.29) is 11.2 Å². The van der Waals surface area contributed by atoms with Crippen molar-refractivity contribution in [2.75, 3.05) is 0 Å². The molecule has 0 aromatic rings. The van der Waals surface area contributed by atoms with Gasteiger partial charge in [-0.25, -0.2) is 0 Å². The summed E-state index contributed by atoms with van der Waals surface area (Å²) in [5.41, 5.74) is -1.12. The highest BCUT2D eigenvalue weighted by Crippen LogP contribution is 2.59. The van der Waals surface area contributed by atoms with Gasteiger partial charge in [-0.2, -0.15) is 0 Å². The first-order chi connectivity index (χ1) is 7.57. The van der Waals surface area contributed by atoms with Crippen molar-refractivity contribution in [3.63, 3.8) is 0 Å². The van der Waals surface area contributed by atoms with Crippen molar-refractivity contribution < 1.29 is 9.90 Å². The van der Waals surface area contributed by atoms with E-state index in [4.69, 9.17) is 0 Å². The lowest BCUT2D eigenvalue weighted by Gasteiger charge is -2.44. The van der Waals surface area contributed by atoms with Crippen LogP contribution in [0, 0.1) is 10.8 Å². The van der Waals surface area contributed by atoms with Gasteiger partial charge in [-0.15, -0.1) is 0 Å². The number of Topliss-reactive ketones (excluding diaryl/α,β-unsaturated/α-hetero) is 1. The van der Waals surface area contributed by atoms with E-state index in [9.17, 15) is 9.90 Å². The van der Waals surface area contributed by atoms with Gasteiger partial charge in [0.1, 0.15) is 5.78 Å². The number of rotatable bonds is 3. The SMILES string of the molecule is C=C(C)/C=C/C1(C(C)=O)C(C)(C)CCC1(C)O. The van der Waals surface area contributed by atoms with Crippen LogP contribution in [0.25, 0.3) is 0 Å². The summed E-state index contributed by atoms with van der Waals surface area (Å²) in [5, 5.41) is 10.6. The van der Waals surface area contributed by atoms with Gasteiger partial charge in [-0.05, 0) is 39.0 Å². The summed E-state index contributed by atoms with van der Waals surface area (Å²) in [6.45, 7) is 13.2. The van der Waals surface area contributed by atoms with Crippen LogP contribution in [-0.2, 0) is 4.79 Å². The fourth-order valence-corrected chi connectivity index (χ4v) is 3.32. The average molecular weight is 236 g/mol. The lowest BCUT2D eigenvalue weighted by atomic mass is 9.60. The molecular weight excluding hydrogens is 212 g/mol. The smallest absolute Gasteiger partial charge is 0.143 e. The van der Waals surface area contributed by atoms with Crippen LogP contribution in [-0.4, -0.2) is 16.5 Å². The first-order valence-corrected chi connectivity index (χ1v) is 6.15. The first-order valence-electron chi connectivity index (χ1n) is 6.15. The monoisotopic (exact) mass is 236 g/mol. The molecule has 0 heterocycles. The number of ketones is 1. The van der Waals surface area contributed by atoms with Crippen LogP contribution in [0.1, 0.15) is 47.5 Å². The molecule has 0 aliphatic heterocycles. The number of allylic oxidation sites excluding steroid dienone is 2. The minimum Gasteiger partial charge on any atom is -0.389 e. The van der Waals surface area contributed by atoms with Crippen LogP contribution >= 0.6 is 0 Å². The molecule has 2 nitrogen and oxygen atoms in total. The van der Waals surface area contributed by atoms with Gasteiger partial charge < -0.3 is 5.11 Å². The van der Waals surface area contributed by atoms with Crippen molar-refractivity contribution in [2.45, 2.75) is 53.1 Å². The Morgan fingerprint density at radius 2 is 1.76 bits per heavy atom. The number of carbonyl (C=O) groups excluding carboxylic acids is 1. The topological polar surface area (TPSA) is 37.3 Å². The highest BCUT2D eigenvalue weighted by atomic mass is 16.3. The molecular formula is C15H24O2. The molecule has 1 N–H and O–H groups in total. The van der Waals surface area contributed by atoms with Crippen LogP contribution < -0.4 is 0 Å². The molecule has 0 radical (unpaired) electrons. The number of hydrogen-bond acceptors (Lipinski definition) is 2. The van der Waals surface area contributed by atoms with Crippen molar-refractivity contribution >= 4 is 5.78 Å². The maximum absolute atomic E-state index is 12.2. The third kappa shape index (κ3) is 1.99. The normalized spacial score (nSPS) is 36.4. The maximum atomic E-state index is 12.2. The summed E-state index contributed by atoms with van der Waals surface area (Å²) in [7, 11) is 0. The van der Waals surface area contributed by atoms with Crippen molar-refractivity contribution in [3.05, 3.63) is 24.3 Å². The molecule has 17 heavy (non-hydrogen) atoms. The molecule has 1 rings (SSSR count). The van der Waals surface area contributed by atoms with Gasteiger partial charge in [-0.3, -0.25) is 4.79 Å². The second-order valence-electron chi connectivity index (χ2n) is 6.20. The van der Waals surface area contributed by atoms with Crippen LogP contribution in [0.15, 0.2) is 24.3 Å². The zero-order chi connectivity index (χ0) is 13.5. The van der Waals surface area contributed by atoms with E-state index in [1.807, 2.05) is 19.1 Å². The molecule has 1 saturated carbocycles. The lowest BCUT2D eigenvalue weighted by Crippen LogP contribution is -2.51. The minimum atomic E-state index is -0.978. The van der Waals surface area contributed by atoms with Gasteiger partial charge in [0.15, 0.2) is 0 Å². The van der Waals surface area contributed by atoms with E-state index < -0.39 is 11.0 Å². The lowest BCUT2D eigenvalue weighted by molar-refractivity contribution is -0.142. The van der Waals surface area contributed by atoms with E-state index in [1.165, 1.54) is 0 Å². The molecule has 2 heteroatoms. The molecule has 0 spiro atoms. The van der Waals surface area contributed by atoms with Crippen molar-refractivity contribution in [2.24, 2.45) is 10.8 Å². The van der Waals surface area contributed by atoms with Crippen molar-refractivity contribution in [1.29, 1.82) is 0 Å². The van der Waals surface area contributed by atoms with Gasteiger partial charge in [-0.1, -0.05) is 38.2 Å². The predicted molar refractivity (Wildman–Crippen MR) is 70.7 cm³/mol. The third-order valence-electron chi connectivity index (χ3n) is 4.33. The van der Waals surface area contributed by atoms with Crippen LogP contribution in [0.4, 0.5) is 0 Å². The molecule has 0 saturated heterocycles. The Kier molecular flexibility index (Phi) is 3.41. The minimum absolute atomic E-state index is 0.0301. The molecule has 1 fully saturated rings. The van der Waals surface area contributed by atoms with Gasteiger partial charge in [0, 0.05) is 0 Å². The summed E-state index contributed by atoms with van der Waals surface area (Å²) in [6.07, 6.45) is 5.22. The summed E-state index contributed by atoms with van der Waals surface area (Å²) >= 11 is 0. The van der Waals surface area contributed by atoms with E-state index in [2.05, 4.69) is 20.4 Å². The predicted octanol–water partition coefficient (Wildman–Crippen LogP) is 3.27. The maximum Gasteiger partial charge on any atom is 0.143 e. The zero-order valence-electron chi connectivity index (χ0n) is 11.6. The zero-order valence-corrected chi connectivity index (χ0v) is 11.6. The van der Waals surface area contributed by atoms with Gasteiger partial charge in [0.05, 0.1) is 11.0 Å². The Balaban J connectivity index is 3.39. The average Bonchev–Trinajstić information content (AvgIpc) is 2.31. The molecule has 0 amide bonds. The number of hydrogen-bond donors (Lipinski definition) is 1. The Bertz CT molecular complexity index is 356. The molecule has 2 unspecified atom stereocenters. The largest absolute Gasteiger partial charge is 0.389 e. The molecule has 96 valence electrons. The highest BCUT2D eigenvalue weighted by Gasteiger charge is 2.62. The number of carbonyl (C=O) groups is 1. The summed E-state index contributed by atoms with van der Waals surface area (Å²) in [6, 6.07) is 0. The van der Waals surface area contributed by atoms with E-state index in [0.717, 1.165) is 12.0 Å². The second-order valence-corrected chi connectivity index (χ2v) is 6.20. The Morgan fingerprint density at radius 1 is 1.24 bits per heavy atom.